The Kier molecular flexibility index (Phi) is 1.33. The fourth-order valence-corrected chi connectivity index (χ4v) is 1.00. The number of hydrogen-bond donors (Lipinski definition) is 1. The lowest BCUT2D eigenvalue weighted by Crippen LogP contribution is -1.91. The maximum absolute atomic E-state index is 8.84. The largest absolute Gasteiger partial charge is 0.392 e. The van der Waals surface area contributed by atoms with Gasteiger partial charge in [-0.25, -0.2) is 0 Å². The van der Waals surface area contributed by atoms with Crippen LogP contribution in [0.5, 0.6) is 0 Å². The molecule has 2 aromatic rings. The highest BCUT2D eigenvalue weighted by Crippen LogP contribution is 2.06. The van der Waals surface area contributed by atoms with Gasteiger partial charge in [-0.05, 0) is 12.1 Å². The summed E-state index contributed by atoms with van der Waals surface area (Å²) in [6.07, 6.45) is 3.27. The van der Waals surface area contributed by atoms with E-state index in [1.165, 1.54) is 4.63 Å². The molecule has 0 saturated carbocycles. The number of aliphatic hydroxyl groups excluding tert-OH is 1. The molecule has 0 aliphatic carbocycles. The zero-order valence-electron chi connectivity index (χ0n) is 5.81. The molecule has 1 N–H and O–H groups in total. The highest BCUT2D eigenvalue weighted by Gasteiger charge is 2.00. The predicted octanol–water partition coefficient (Wildman–Crippen LogP) is 0.222. The lowest BCUT2D eigenvalue weighted by molar-refractivity contribution is 0.283. The van der Waals surface area contributed by atoms with Crippen LogP contribution >= 0.6 is 0 Å². The van der Waals surface area contributed by atoms with Crippen molar-refractivity contribution in [2.45, 2.75) is 6.61 Å². The van der Waals surface area contributed by atoms with Crippen LogP contribution in [0.3, 0.4) is 0 Å². The van der Waals surface area contributed by atoms with Crippen molar-refractivity contribution in [1.82, 2.24) is 14.8 Å². The maximum atomic E-state index is 8.84. The second-order valence-electron chi connectivity index (χ2n) is 2.23. The molecular weight excluding hydrogens is 142 g/mol. The third-order valence-electron chi connectivity index (χ3n) is 1.55. The molecular formula is C7H7N3O. The van der Waals surface area contributed by atoms with E-state index < -0.39 is 0 Å². The van der Waals surface area contributed by atoms with Gasteiger partial charge in [0.2, 0.25) is 0 Å². The summed E-state index contributed by atoms with van der Waals surface area (Å²) in [7, 11) is 0. The third-order valence-corrected chi connectivity index (χ3v) is 1.55. The zero-order valence-corrected chi connectivity index (χ0v) is 5.81. The van der Waals surface area contributed by atoms with Crippen molar-refractivity contribution in [3.8, 4) is 0 Å². The minimum Gasteiger partial charge on any atom is -0.392 e. The first-order valence-corrected chi connectivity index (χ1v) is 3.30. The summed E-state index contributed by atoms with van der Waals surface area (Å²) in [4.78, 5) is 0. The lowest BCUT2D eigenvalue weighted by Gasteiger charge is -1.90. The Hall–Kier alpha value is -1.42. The molecule has 0 saturated heterocycles. The number of aliphatic hydroxyl groups is 1. The molecule has 0 amide bonds. The van der Waals surface area contributed by atoms with Crippen molar-refractivity contribution in [2.75, 3.05) is 0 Å². The van der Waals surface area contributed by atoms with Gasteiger partial charge in [-0.3, -0.25) is 0 Å². The molecule has 0 bridgehead atoms. The standard InChI is InChI=1S/C7H7N3O/c11-5-6-4-9-10-7(6)2-1-3-8-10/h1-4,11H,5H2. The lowest BCUT2D eigenvalue weighted by atomic mass is 10.3. The predicted molar refractivity (Wildman–Crippen MR) is 38.9 cm³/mol. The van der Waals surface area contributed by atoms with Crippen LogP contribution in [0.2, 0.25) is 0 Å². The van der Waals surface area contributed by atoms with Crippen LogP contribution in [0.1, 0.15) is 5.56 Å². The SMILES string of the molecule is OCc1cnn2ncccc12. The Bertz CT molecular complexity index is 368. The fraction of sp³-hybridized carbons (Fsp3) is 0.143. The summed E-state index contributed by atoms with van der Waals surface area (Å²) in [5.41, 5.74) is 1.66. The molecule has 2 heterocycles. The molecule has 0 radical (unpaired) electrons. The first kappa shape index (κ1) is 6.30. The van der Waals surface area contributed by atoms with Gasteiger partial charge in [-0.1, -0.05) is 0 Å². The van der Waals surface area contributed by atoms with Gasteiger partial charge in [-0.2, -0.15) is 14.8 Å². The van der Waals surface area contributed by atoms with E-state index in [-0.39, 0.29) is 6.61 Å². The minimum atomic E-state index is 0.00912. The molecule has 0 atom stereocenters. The van der Waals surface area contributed by atoms with E-state index in [1.54, 1.807) is 12.4 Å². The van der Waals surface area contributed by atoms with Crippen molar-refractivity contribution in [1.29, 1.82) is 0 Å². The van der Waals surface area contributed by atoms with Crippen LogP contribution < -0.4 is 0 Å². The number of nitrogens with zero attached hydrogens (tertiary/aromatic N) is 3. The van der Waals surface area contributed by atoms with Crippen LogP contribution in [-0.4, -0.2) is 19.9 Å². The van der Waals surface area contributed by atoms with Crippen molar-refractivity contribution in [2.24, 2.45) is 0 Å². The molecule has 2 rings (SSSR count). The number of hydrogen-bond acceptors (Lipinski definition) is 3. The van der Waals surface area contributed by atoms with Gasteiger partial charge in [-0.15, -0.1) is 0 Å². The second-order valence-corrected chi connectivity index (χ2v) is 2.23. The van der Waals surface area contributed by atoms with E-state index in [4.69, 9.17) is 5.11 Å². The first-order valence-electron chi connectivity index (χ1n) is 3.30. The first-order chi connectivity index (χ1) is 5.42. The summed E-state index contributed by atoms with van der Waals surface area (Å²) < 4.78 is 1.49. The van der Waals surface area contributed by atoms with Gasteiger partial charge in [0.1, 0.15) is 0 Å². The quantitative estimate of drug-likeness (QED) is 0.631. The van der Waals surface area contributed by atoms with Gasteiger partial charge >= 0.3 is 0 Å². The summed E-state index contributed by atoms with van der Waals surface area (Å²) in [6.45, 7) is 0.00912. The molecule has 11 heavy (non-hydrogen) atoms. The molecule has 56 valence electrons. The van der Waals surface area contributed by atoms with Crippen LogP contribution in [0.4, 0.5) is 0 Å². The molecule has 0 unspecified atom stereocenters. The van der Waals surface area contributed by atoms with Crippen molar-refractivity contribution < 1.29 is 5.11 Å². The second kappa shape index (κ2) is 2.32. The van der Waals surface area contributed by atoms with E-state index in [0.29, 0.717) is 0 Å². The number of rotatable bonds is 1. The summed E-state index contributed by atoms with van der Waals surface area (Å²) >= 11 is 0. The van der Waals surface area contributed by atoms with E-state index >= 15 is 0 Å². The van der Waals surface area contributed by atoms with Crippen molar-refractivity contribution in [3.05, 3.63) is 30.1 Å². The van der Waals surface area contributed by atoms with Crippen LogP contribution in [-0.2, 0) is 6.61 Å². The Morgan fingerprint density at radius 2 is 2.36 bits per heavy atom. The monoisotopic (exact) mass is 149 g/mol. The van der Waals surface area contributed by atoms with Gasteiger partial charge < -0.3 is 5.11 Å². The summed E-state index contributed by atoms with van der Waals surface area (Å²) in [5, 5.41) is 16.7. The van der Waals surface area contributed by atoms with E-state index in [2.05, 4.69) is 10.2 Å². The average Bonchev–Trinajstić information content (AvgIpc) is 2.47. The molecule has 0 spiro atoms. The van der Waals surface area contributed by atoms with E-state index in [0.717, 1.165) is 11.1 Å². The Labute approximate surface area is 63.1 Å². The fourth-order valence-electron chi connectivity index (χ4n) is 1.00. The van der Waals surface area contributed by atoms with E-state index in [9.17, 15) is 0 Å². The Morgan fingerprint density at radius 1 is 1.45 bits per heavy atom. The highest BCUT2D eigenvalue weighted by molar-refractivity contribution is 5.51. The topological polar surface area (TPSA) is 50.4 Å². The zero-order chi connectivity index (χ0) is 7.68. The molecule has 4 nitrogen and oxygen atoms in total. The van der Waals surface area contributed by atoms with Crippen LogP contribution in [0.15, 0.2) is 24.5 Å². The molecule has 4 heteroatoms. The van der Waals surface area contributed by atoms with E-state index in [1.807, 2.05) is 12.1 Å². The van der Waals surface area contributed by atoms with Crippen LogP contribution in [0.25, 0.3) is 5.52 Å². The third kappa shape index (κ3) is 0.877. The van der Waals surface area contributed by atoms with Gasteiger partial charge in [0, 0.05) is 11.8 Å². The highest BCUT2D eigenvalue weighted by atomic mass is 16.3. The normalized spacial score (nSPS) is 10.6. The summed E-state index contributed by atoms with van der Waals surface area (Å²) in [6, 6.07) is 3.68. The van der Waals surface area contributed by atoms with Gasteiger partial charge in [0.05, 0.1) is 18.3 Å². The van der Waals surface area contributed by atoms with Gasteiger partial charge in [0.15, 0.2) is 0 Å². The molecule has 0 aromatic carbocycles. The van der Waals surface area contributed by atoms with Crippen molar-refractivity contribution in [3.63, 3.8) is 0 Å². The number of aromatic nitrogens is 3. The Morgan fingerprint density at radius 3 is 3.18 bits per heavy atom. The number of fused-ring (bicyclic) bond motifs is 1. The van der Waals surface area contributed by atoms with Crippen LogP contribution in [0, 0.1) is 0 Å². The molecule has 0 aliphatic rings. The molecule has 2 aromatic heterocycles. The maximum Gasteiger partial charge on any atom is 0.0928 e. The van der Waals surface area contributed by atoms with Gasteiger partial charge in [0.25, 0.3) is 0 Å². The minimum absolute atomic E-state index is 0.00912. The Balaban J connectivity index is 2.76. The molecule has 0 fully saturated rings. The smallest absolute Gasteiger partial charge is 0.0928 e. The molecule has 0 aliphatic heterocycles. The summed E-state index contributed by atoms with van der Waals surface area (Å²) in [5.74, 6) is 0. The van der Waals surface area contributed by atoms with Crippen molar-refractivity contribution >= 4 is 5.52 Å². The average molecular weight is 149 g/mol.